The number of rotatable bonds is 5. The third kappa shape index (κ3) is 7.81. The fourth-order valence-corrected chi connectivity index (χ4v) is 16.3. The maximum Gasteiger partial charge on any atom is 0.264 e. The molecule has 0 unspecified atom stereocenters. The van der Waals surface area contributed by atoms with Crippen LogP contribution in [0.15, 0.2) is 91.0 Å². The van der Waals surface area contributed by atoms with E-state index >= 15 is 0 Å². The molecule has 0 saturated carbocycles. The number of fused-ring (bicyclic) bond motifs is 9. The van der Waals surface area contributed by atoms with E-state index in [2.05, 4.69) is 237 Å². The summed E-state index contributed by atoms with van der Waals surface area (Å²) in [4.78, 5) is 5.54. The van der Waals surface area contributed by atoms with E-state index in [0.29, 0.717) is 0 Å². The van der Waals surface area contributed by atoms with Crippen molar-refractivity contribution in [2.75, 3.05) is 16.3 Å². The minimum Gasteiger partial charge on any atom is -0.342 e. The lowest BCUT2D eigenvalue weighted by Gasteiger charge is -2.47. The molecule has 1 aromatic heterocycles. The van der Waals surface area contributed by atoms with Crippen LogP contribution in [0.3, 0.4) is 0 Å². The monoisotopic (exact) mass is 1010 g/mol. The number of hydrogen-bond acceptors (Lipinski definition) is 3. The lowest BCUT2D eigenvalue weighted by atomic mass is 9.35. The molecule has 2 aliphatic heterocycles. The van der Waals surface area contributed by atoms with Crippen molar-refractivity contribution in [2.24, 2.45) is 0 Å². The summed E-state index contributed by atoms with van der Waals surface area (Å²) < 4.78 is 2.92. The molecule has 0 spiro atoms. The van der Waals surface area contributed by atoms with Crippen LogP contribution in [0.5, 0.6) is 0 Å². The predicted octanol–water partition coefficient (Wildman–Crippen LogP) is 17.8. The van der Waals surface area contributed by atoms with Gasteiger partial charge in [-0.15, -0.1) is 11.3 Å². The summed E-state index contributed by atoms with van der Waals surface area (Å²) in [6.45, 7) is 45.0. The fourth-order valence-electron chi connectivity index (χ4n) is 15.0. The average molecular weight is 1010 g/mol. The van der Waals surface area contributed by atoms with Crippen molar-refractivity contribution >= 4 is 72.3 Å². The Balaban J connectivity index is 1.14. The second-order valence-electron chi connectivity index (χ2n) is 29.5. The molecular formula is C71H85BN2S. The predicted molar refractivity (Wildman–Crippen MR) is 329 cm³/mol. The van der Waals surface area contributed by atoms with Crippen molar-refractivity contribution < 1.29 is 0 Å². The highest BCUT2D eigenvalue weighted by Gasteiger charge is 2.49. The van der Waals surface area contributed by atoms with Crippen LogP contribution >= 0.6 is 11.3 Å². The van der Waals surface area contributed by atoms with Gasteiger partial charge in [0, 0.05) is 44.2 Å². The van der Waals surface area contributed by atoms with Gasteiger partial charge in [-0.1, -0.05) is 152 Å². The largest absolute Gasteiger partial charge is 0.342 e. The Bertz CT molecular complexity index is 3510. The van der Waals surface area contributed by atoms with Crippen molar-refractivity contribution in [1.82, 2.24) is 0 Å². The maximum atomic E-state index is 2.82. The molecule has 0 bridgehead atoms. The Morgan fingerprint density at radius 2 is 1.03 bits per heavy atom. The zero-order chi connectivity index (χ0) is 53.5. The second kappa shape index (κ2) is 16.5. The summed E-state index contributed by atoms with van der Waals surface area (Å²) >= 11 is 2.09. The highest BCUT2D eigenvalue weighted by atomic mass is 32.1. The maximum absolute atomic E-state index is 2.82. The van der Waals surface area contributed by atoms with Crippen molar-refractivity contribution in [1.29, 1.82) is 0 Å². The molecule has 12 rings (SSSR count). The van der Waals surface area contributed by atoms with Crippen molar-refractivity contribution in [3.8, 4) is 11.1 Å². The zero-order valence-corrected chi connectivity index (χ0v) is 50.0. The van der Waals surface area contributed by atoms with E-state index < -0.39 is 0 Å². The summed E-state index contributed by atoms with van der Waals surface area (Å²) in [5, 5.41) is 1.41. The molecular weight excluding hydrogens is 924 g/mol. The number of aryl methyl sites for hydroxylation is 3. The molecule has 3 heterocycles. The van der Waals surface area contributed by atoms with Crippen LogP contribution in [0.4, 0.5) is 28.4 Å². The summed E-state index contributed by atoms with van der Waals surface area (Å²) in [6.07, 6.45) is 8.14. The molecule has 4 heteroatoms. The van der Waals surface area contributed by atoms with Gasteiger partial charge in [0.25, 0.3) is 6.71 Å². The van der Waals surface area contributed by atoms with Crippen LogP contribution in [0.1, 0.15) is 204 Å². The summed E-state index contributed by atoms with van der Waals surface area (Å²) in [5.41, 5.74) is 29.3. The molecule has 0 saturated heterocycles. The third-order valence-corrected chi connectivity index (χ3v) is 21.5. The Kier molecular flexibility index (Phi) is 11.2. The molecule has 3 aliphatic carbocycles. The van der Waals surface area contributed by atoms with E-state index in [1.165, 1.54) is 143 Å². The Morgan fingerprint density at radius 3 is 1.59 bits per heavy atom. The summed E-state index contributed by atoms with van der Waals surface area (Å²) in [7, 11) is 0. The van der Waals surface area contributed by atoms with Gasteiger partial charge in [0.05, 0.1) is 5.69 Å². The summed E-state index contributed by atoms with van der Waals surface area (Å²) in [6, 6.07) is 37.8. The molecule has 0 N–H and O–H groups in total. The summed E-state index contributed by atoms with van der Waals surface area (Å²) in [5.74, 6) is 0. The number of nitrogens with zero attached hydrogens (tertiary/aromatic N) is 2. The van der Waals surface area contributed by atoms with Gasteiger partial charge in [-0.05, 0) is 229 Å². The zero-order valence-electron chi connectivity index (χ0n) is 49.2. The van der Waals surface area contributed by atoms with Crippen molar-refractivity contribution in [2.45, 2.75) is 207 Å². The lowest BCUT2D eigenvalue weighted by Crippen LogP contribution is -2.61. The Labute approximate surface area is 456 Å². The lowest BCUT2D eigenvalue weighted by molar-refractivity contribution is 0.331. The number of anilines is 5. The number of thiophene rings is 1. The van der Waals surface area contributed by atoms with Gasteiger partial charge in [0.2, 0.25) is 0 Å². The smallest absolute Gasteiger partial charge is 0.264 e. The van der Waals surface area contributed by atoms with E-state index in [1.807, 2.05) is 0 Å². The van der Waals surface area contributed by atoms with Gasteiger partial charge in [-0.2, -0.15) is 0 Å². The Hall–Kier alpha value is -5.06. The van der Waals surface area contributed by atoms with Crippen LogP contribution in [0, 0.1) is 20.8 Å². The molecule has 0 radical (unpaired) electrons. The van der Waals surface area contributed by atoms with Gasteiger partial charge >= 0.3 is 0 Å². The van der Waals surface area contributed by atoms with Crippen LogP contribution in [0.2, 0.25) is 0 Å². The third-order valence-electron chi connectivity index (χ3n) is 20.3. The SMILES string of the molecule is Cc1cc2c3c(c1)N(c1ccc(C(C)(C)C)cc1)c1c(sc4cc5c(cc14)C(C)(C)CCC5(C)C)B3c1cc3c(cc1N2CCc1cc2c(cc1-c1c(C)cccc1C)C(C)(C)CCC2(C)C)C(C)(C)CCC3(C)C. The van der Waals surface area contributed by atoms with E-state index in [1.54, 1.807) is 22.3 Å². The minimum absolute atomic E-state index is 0.0547. The molecule has 0 fully saturated rings. The molecule has 0 amide bonds. The van der Waals surface area contributed by atoms with Gasteiger partial charge in [-0.25, -0.2) is 0 Å². The van der Waals surface area contributed by atoms with E-state index in [9.17, 15) is 0 Å². The van der Waals surface area contributed by atoms with Gasteiger partial charge in [0.15, 0.2) is 0 Å². The van der Waals surface area contributed by atoms with E-state index in [4.69, 9.17) is 0 Å². The molecule has 2 nitrogen and oxygen atoms in total. The first-order chi connectivity index (χ1) is 35.0. The molecule has 75 heavy (non-hydrogen) atoms. The molecule has 7 aromatic rings. The molecule has 5 aliphatic rings. The van der Waals surface area contributed by atoms with Gasteiger partial charge in [-0.3, -0.25) is 0 Å². The van der Waals surface area contributed by atoms with Crippen LogP contribution in [-0.2, 0) is 44.3 Å². The number of hydrogen-bond donors (Lipinski definition) is 0. The highest BCUT2D eigenvalue weighted by molar-refractivity contribution is 7.33. The Morgan fingerprint density at radius 1 is 0.533 bits per heavy atom. The standard InChI is InChI=1S/C71H85BN2S/c1-42-34-58-62-59(35-42)74(47-24-22-46(23-25-47)65(4,5)6)63-49-38-52-55(71(17,18)32-29-68(52,11)12)41-60(49)75-64(63)72(62)56-39-53-54(70(15,16)31-30-69(53,13)14)40-57(56)73(58)33-26-45-36-50-51(67(9,10)28-27-66(50,7)8)37-48(45)61-43(2)20-19-21-44(61)3/h19-25,34-41H,26-33H2,1-18H3. The fraction of sp³-hybridized carbons (Fsp3) is 0.465. The molecule has 388 valence electrons. The van der Waals surface area contributed by atoms with Gasteiger partial charge < -0.3 is 9.80 Å². The topological polar surface area (TPSA) is 6.48 Å². The minimum atomic E-state index is 0.0547. The quantitative estimate of drug-likeness (QED) is 0.159. The van der Waals surface area contributed by atoms with Crippen molar-refractivity contribution in [3.05, 3.63) is 152 Å². The first-order valence-electron chi connectivity index (χ1n) is 28.9. The highest BCUT2D eigenvalue weighted by Crippen LogP contribution is 2.55. The van der Waals surface area contributed by atoms with Gasteiger partial charge in [0.1, 0.15) is 0 Å². The van der Waals surface area contributed by atoms with Crippen LogP contribution in [0.25, 0.3) is 21.2 Å². The molecule has 0 atom stereocenters. The number of benzene rings is 6. The van der Waals surface area contributed by atoms with Crippen LogP contribution in [-0.4, -0.2) is 13.3 Å². The average Bonchev–Trinajstić information content (AvgIpc) is 3.75. The van der Waals surface area contributed by atoms with Crippen LogP contribution < -0.4 is 25.5 Å². The van der Waals surface area contributed by atoms with E-state index in [-0.39, 0.29) is 44.6 Å². The van der Waals surface area contributed by atoms with Crippen molar-refractivity contribution in [3.63, 3.8) is 0 Å². The second-order valence-corrected chi connectivity index (χ2v) is 30.6. The van der Waals surface area contributed by atoms with E-state index in [0.717, 1.165) is 13.0 Å². The first kappa shape index (κ1) is 50.7. The normalized spacial score (nSPS) is 19.9. The molecule has 6 aromatic carbocycles. The first-order valence-corrected chi connectivity index (χ1v) is 29.7.